The highest BCUT2D eigenvalue weighted by Gasteiger charge is 2.22. The van der Waals surface area contributed by atoms with Crippen molar-refractivity contribution in [3.63, 3.8) is 0 Å². The van der Waals surface area contributed by atoms with E-state index in [-0.39, 0.29) is 5.92 Å². The van der Waals surface area contributed by atoms with E-state index in [1.807, 2.05) is 6.92 Å². The van der Waals surface area contributed by atoms with Gasteiger partial charge in [-0.1, -0.05) is 0 Å². The second kappa shape index (κ2) is 6.64. The maximum absolute atomic E-state index is 9.21. The van der Waals surface area contributed by atoms with Crippen LogP contribution in [-0.2, 0) is 12.8 Å². The Kier molecular flexibility index (Phi) is 4.61. The van der Waals surface area contributed by atoms with Crippen LogP contribution < -0.4 is 0 Å². The van der Waals surface area contributed by atoms with Crippen LogP contribution in [0.2, 0.25) is 0 Å². The van der Waals surface area contributed by atoms with Gasteiger partial charge in [0, 0.05) is 22.4 Å². The number of nitrogens with zero attached hydrogens (tertiary/aromatic N) is 4. The van der Waals surface area contributed by atoms with E-state index in [0.29, 0.717) is 18.6 Å². The van der Waals surface area contributed by atoms with Crippen LogP contribution in [-0.4, -0.2) is 15.7 Å². The van der Waals surface area contributed by atoms with Gasteiger partial charge in [-0.05, 0) is 38.2 Å². The van der Waals surface area contributed by atoms with E-state index in [4.69, 9.17) is 5.26 Å². The predicted octanol–water partition coefficient (Wildman–Crippen LogP) is 4.02. The zero-order valence-electron chi connectivity index (χ0n) is 12.4. The van der Waals surface area contributed by atoms with E-state index >= 15 is 0 Å². The minimum absolute atomic E-state index is 0.0957. The summed E-state index contributed by atoms with van der Waals surface area (Å²) in [4.78, 5) is 11.7. The van der Waals surface area contributed by atoms with Crippen molar-refractivity contribution in [2.45, 2.75) is 44.1 Å². The van der Waals surface area contributed by atoms with Gasteiger partial charge in [-0.15, -0.1) is 23.1 Å². The molecule has 0 N–H and O–H groups in total. The van der Waals surface area contributed by atoms with Gasteiger partial charge in [0.15, 0.2) is 0 Å². The van der Waals surface area contributed by atoms with Gasteiger partial charge in [-0.25, -0.2) is 9.97 Å². The van der Waals surface area contributed by atoms with Crippen LogP contribution >= 0.6 is 23.1 Å². The van der Waals surface area contributed by atoms with E-state index in [1.54, 1.807) is 23.1 Å². The van der Waals surface area contributed by atoms with E-state index in [9.17, 15) is 5.26 Å². The van der Waals surface area contributed by atoms with Crippen molar-refractivity contribution in [1.82, 2.24) is 9.97 Å². The maximum atomic E-state index is 9.21. The molecule has 4 nitrogen and oxygen atoms in total. The summed E-state index contributed by atoms with van der Waals surface area (Å²) in [7, 11) is 0. The Morgan fingerprint density at radius 1 is 1.32 bits per heavy atom. The summed E-state index contributed by atoms with van der Waals surface area (Å²) in [5.74, 6) is 1.39. The molecule has 0 aromatic carbocycles. The van der Waals surface area contributed by atoms with Crippen molar-refractivity contribution in [1.29, 1.82) is 10.5 Å². The summed E-state index contributed by atoms with van der Waals surface area (Å²) in [6, 6.07) is 4.42. The van der Waals surface area contributed by atoms with Crippen molar-refractivity contribution >= 4 is 33.3 Å². The fourth-order valence-electron chi connectivity index (χ4n) is 2.77. The zero-order chi connectivity index (χ0) is 15.5. The number of hydrogen-bond acceptors (Lipinski definition) is 6. The average Bonchev–Trinajstić information content (AvgIpc) is 3.07. The molecule has 2 heterocycles. The van der Waals surface area contributed by atoms with Crippen molar-refractivity contribution in [3.05, 3.63) is 16.3 Å². The van der Waals surface area contributed by atoms with Crippen molar-refractivity contribution < 1.29 is 0 Å². The predicted molar refractivity (Wildman–Crippen MR) is 88.9 cm³/mol. The first-order valence-corrected chi connectivity index (χ1v) is 9.21. The third-order valence-corrected chi connectivity index (χ3v) is 6.18. The summed E-state index contributed by atoms with van der Waals surface area (Å²) >= 11 is 3.44. The van der Waals surface area contributed by atoms with Crippen LogP contribution in [0, 0.1) is 35.5 Å². The molecule has 6 heteroatoms. The van der Waals surface area contributed by atoms with Crippen LogP contribution in [0.1, 0.15) is 35.5 Å². The van der Waals surface area contributed by atoms with Crippen molar-refractivity contribution in [2.75, 3.05) is 5.75 Å². The SMILES string of the molecule is Cc1nc(SC[C@@H](C#N)CCC#N)c2c3c(sc2n1)CCC3. The molecule has 22 heavy (non-hydrogen) atoms. The van der Waals surface area contributed by atoms with Gasteiger partial charge in [0.05, 0.1) is 18.1 Å². The number of nitriles is 2. The Bertz CT molecular complexity index is 782. The Morgan fingerprint density at radius 3 is 2.95 bits per heavy atom. The van der Waals surface area contributed by atoms with Gasteiger partial charge >= 0.3 is 0 Å². The van der Waals surface area contributed by atoms with Crippen LogP contribution in [0.3, 0.4) is 0 Å². The number of thioether (sulfide) groups is 1. The average molecular weight is 328 g/mol. The summed E-state index contributed by atoms with van der Waals surface area (Å²) in [5.41, 5.74) is 1.42. The van der Waals surface area contributed by atoms with Crippen molar-refractivity contribution in [3.8, 4) is 12.1 Å². The molecule has 1 atom stereocenters. The quantitative estimate of drug-likeness (QED) is 0.612. The highest BCUT2D eigenvalue weighted by Crippen LogP contribution is 2.40. The standard InChI is InChI=1S/C16H16N4S2/c1-10-19-15(21-9-11(8-18)4-3-7-17)14-12-5-2-6-13(12)22-16(14)20-10/h11H,2-6,9H2,1H3/t11-/m1/s1. The smallest absolute Gasteiger partial charge is 0.128 e. The first-order valence-electron chi connectivity index (χ1n) is 7.41. The molecular weight excluding hydrogens is 312 g/mol. The van der Waals surface area contributed by atoms with E-state index in [0.717, 1.165) is 28.5 Å². The van der Waals surface area contributed by atoms with Gasteiger partial charge in [-0.2, -0.15) is 10.5 Å². The molecule has 1 aliphatic rings. The first-order chi connectivity index (χ1) is 10.7. The molecule has 0 aliphatic heterocycles. The molecule has 0 spiro atoms. The fraction of sp³-hybridized carbons (Fsp3) is 0.500. The summed E-state index contributed by atoms with van der Waals surface area (Å²) < 4.78 is 0. The number of aryl methyl sites for hydroxylation is 3. The zero-order valence-corrected chi connectivity index (χ0v) is 14.1. The van der Waals surface area contributed by atoms with E-state index in [1.165, 1.54) is 22.2 Å². The van der Waals surface area contributed by atoms with Gasteiger partial charge in [0.1, 0.15) is 15.7 Å². The van der Waals surface area contributed by atoms with Crippen LogP contribution in [0.4, 0.5) is 0 Å². The topological polar surface area (TPSA) is 73.4 Å². The lowest BCUT2D eigenvalue weighted by atomic mass is 10.1. The minimum Gasteiger partial charge on any atom is -0.226 e. The largest absolute Gasteiger partial charge is 0.226 e. The second-order valence-electron chi connectivity index (χ2n) is 5.45. The third-order valence-electron chi connectivity index (χ3n) is 3.85. The third kappa shape index (κ3) is 2.95. The molecule has 112 valence electrons. The molecule has 0 saturated heterocycles. The highest BCUT2D eigenvalue weighted by atomic mass is 32.2. The monoisotopic (exact) mass is 328 g/mol. The molecule has 0 bridgehead atoms. The Labute approximate surface area is 138 Å². The number of aromatic nitrogens is 2. The maximum Gasteiger partial charge on any atom is 0.128 e. The molecule has 0 fully saturated rings. The normalized spacial score (nSPS) is 14.5. The Morgan fingerprint density at radius 2 is 2.18 bits per heavy atom. The lowest BCUT2D eigenvalue weighted by Gasteiger charge is -2.08. The molecule has 2 aromatic rings. The fourth-order valence-corrected chi connectivity index (χ4v) is 5.30. The Balaban J connectivity index is 1.87. The number of fused-ring (bicyclic) bond motifs is 3. The van der Waals surface area contributed by atoms with Gasteiger partial charge in [0.2, 0.25) is 0 Å². The number of hydrogen-bond donors (Lipinski definition) is 0. The number of thiophene rings is 1. The molecule has 2 aromatic heterocycles. The second-order valence-corrected chi connectivity index (χ2v) is 7.54. The van der Waals surface area contributed by atoms with Gasteiger partial charge in [0.25, 0.3) is 0 Å². The molecule has 0 radical (unpaired) electrons. The van der Waals surface area contributed by atoms with Crippen LogP contribution in [0.15, 0.2) is 5.03 Å². The van der Waals surface area contributed by atoms with E-state index in [2.05, 4.69) is 22.1 Å². The first kappa shape index (κ1) is 15.3. The molecule has 0 unspecified atom stereocenters. The molecule has 0 saturated carbocycles. The summed E-state index contributed by atoms with van der Waals surface area (Å²) in [6.45, 7) is 1.92. The van der Waals surface area contributed by atoms with Gasteiger partial charge < -0.3 is 0 Å². The van der Waals surface area contributed by atoms with Gasteiger partial charge in [-0.3, -0.25) is 0 Å². The lowest BCUT2D eigenvalue weighted by molar-refractivity contribution is 0.685. The Hall–Kier alpha value is -1.63. The van der Waals surface area contributed by atoms with Crippen LogP contribution in [0.5, 0.6) is 0 Å². The van der Waals surface area contributed by atoms with E-state index < -0.39 is 0 Å². The van der Waals surface area contributed by atoms with Crippen molar-refractivity contribution in [2.24, 2.45) is 5.92 Å². The summed E-state index contributed by atoms with van der Waals surface area (Å²) in [5, 5.41) is 20.1. The molecule has 3 rings (SSSR count). The lowest BCUT2D eigenvalue weighted by Crippen LogP contribution is -2.01. The molecule has 0 amide bonds. The van der Waals surface area contributed by atoms with Crippen LogP contribution in [0.25, 0.3) is 10.2 Å². The number of rotatable bonds is 5. The minimum atomic E-state index is -0.0957. The summed E-state index contributed by atoms with van der Waals surface area (Å²) in [6.07, 6.45) is 4.56. The molecular formula is C16H16N4S2. The highest BCUT2D eigenvalue weighted by molar-refractivity contribution is 7.99. The molecule has 1 aliphatic carbocycles.